The minimum atomic E-state index is 0.601. The fourth-order valence-corrected chi connectivity index (χ4v) is 2.64. The molecule has 0 spiro atoms. The molecule has 20 heavy (non-hydrogen) atoms. The lowest BCUT2D eigenvalue weighted by Gasteiger charge is -2.03. The summed E-state index contributed by atoms with van der Waals surface area (Å²) in [6.45, 7) is 5.95. The zero-order chi connectivity index (χ0) is 14.6. The van der Waals surface area contributed by atoms with Crippen LogP contribution in [-0.2, 0) is 13.1 Å². The normalized spacial score (nSPS) is 11.2. The highest BCUT2D eigenvalue weighted by molar-refractivity contribution is 5.14. The monoisotopic (exact) mass is 279 g/mol. The molecule has 0 amide bonds. The SMILES string of the molecule is CCCCCCCCCCCCn1cc(CN)c(C)n1. The van der Waals surface area contributed by atoms with Gasteiger partial charge in [-0.2, -0.15) is 5.10 Å². The van der Waals surface area contributed by atoms with E-state index in [0.29, 0.717) is 6.54 Å². The Morgan fingerprint density at radius 1 is 0.950 bits per heavy atom. The summed E-state index contributed by atoms with van der Waals surface area (Å²) in [4.78, 5) is 0. The van der Waals surface area contributed by atoms with Gasteiger partial charge in [0.25, 0.3) is 0 Å². The lowest BCUT2D eigenvalue weighted by Crippen LogP contribution is -1.99. The van der Waals surface area contributed by atoms with Crippen LogP contribution in [0.15, 0.2) is 6.20 Å². The Morgan fingerprint density at radius 3 is 2.00 bits per heavy atom. The molecule has 116 valence electrons. The van der Waals surface area contributed by atoms with Crippen molar-refractivity contribution in [3.63, 3.8) is 0 Å². The molecule has 0 radical (unpaired) electrons. The lowest BCUT2D eigenvalue weighted by atomic mass is 10.1. The van der Waals surface area contributed by atoms with Crippen molar-refractivity contribution in [1.82, 2.24) is 9.78 Å². The summed E-state index contributed by atoms with van der Waals surface area (Å²) in [5.74, 6) is 0. The maximum absolute atomic E-state index is 5.66. The topological polar surface area (TPSA) is 43.8 Å². The first kappa shape index (κ1) is 17.2. The third-order valence-electron chi connectivity index (χ3n) is 4.01. The molecule has 0 aromatic carbocycles. The second-order valence-electron chi connectivity index (χ2n) is 5.89. The number of unbranched alkanes of at least 4 members (excludes halogenated alkanes) is 9. The summed E-state index contributed by atoms with van der Waals surface area (Å²) in [7, 11) is 0. The maximum Gasteiger partial charge on any atom is 0.0638 e. The molecule has 1 rings (SSSR count). The van der Waals surface area contributed by atoms with E-state index in [-0.39, 0.29) is 0 Å². The van der Waals surface area contributed by atoms with Crippen LogP contribution >= 0.6 is 0 Å². The van der Waals surface area contributed by atoms with Crippen molar-refractivity contribution < 1.29 is 0 Å². The third kappa shape index (κ3) is 7.09. The Bertz CT molecular complexity index is 344. The number of nitrogens with zero attached hydrogens (tertiary/aromatic N) is 2. The zero-order valence-electron chi connectivity index (χ0n) is 13.5. The Kier molecular flexibility index (Phi) is 9.38. The molecular formula is C17H33N3. The van der Waals surface area contributed by atoms with Gasteiger partial charge in [-0.3, -0.25) is 4.68 Å². The molecule has 1 aromatic rings. The van der Waals surface area contributed by atoms with Crippen LogP contribution in [0.4, 0.5) is 0 Å². The van der Waals surface area contributed by atoms with E-state index in [2.05, 4.69) is 22.9 Å². The van der Waals surface area contributed by atoms with Crippen LogP contribution in [0.5, 0.6) is 0 Å². The highest BCUT2D eigenvalue weighted by Crippen LogP contribution is 2.11. The van der Waals surface area contributed by atoms with E-state index in [1.165, 1.54) is 69.8 Å². The van der Waals surface area contributed by atoms with Crippen molar-refractivity contribution in [2.75, 3.05) is 0 Å². The molecule has 0 aliphatic heterocycles. The Hall–Kier alpha value is -0.830. The number of hydrogen-bond acceptors (Lipinski definition) is 2. The Balaban J connectivity index is 1.94. The molecule has 2 N–H and O–H groups in total. The molecule has 3 nitrogen and oxygen atoms in total. The molecule has 0 fully saturated rings. The van der Waals surface area contributed by atoms with E-state index < -0.39 is 0 Å². The van der Waals surface area contributed by atoms with Gasteiger partial charge in [0.1, 0.15) is 0 Å². The van der Waals surface area contributed by atoms with Gasteiger partial charge in [-0.15, -0.1) is 0 Å². The molecule has 0 unspecified atom stereocenters. The van der Waals surface area contributed by atoms with Crippen LogP contribution in [0.2, 0.25) is 0 Å². The smallest absolute Gasteiger partial charge is 0.0638 e. The first-order chi connectivity index (χ1) is 9.77. The standard InChI is InChI=1S/C17H33N3/c1-3-4-5-6-7-8-9-10-11-12-13-20-15-17(14-18)16(2)19-20/h15H,3-14,18H2,1-2H3. The summed E-state index contributed by atoms with van der Waals surface area (Å²) in [6.07, 6.45) is 15.9. The van der Waals surface area contributed by atoms with E-state index in [0.717, 1.165) is 12.2 Å². The van der Waals surface area contributed by atoms with Crippen molar-refractivity contribution >= 4 is 0 Å². The average molecular weight is 279 g/mol. The first-order valence-electron chi connectivity index (χ1n) is 8.51. The molecule has 3 heteroatoms. The quantitative estimate of drug-likeness (QED) is 0.569. The van der Waals surface area contributed by atoms with Gasteiger partial charge in [-0.1, -0.05) is 64.7 Å². The van der Waals surface area contributed by atoms with Crippen molar-refractivity contribution in [3.8, 4) is 0 Å². The van der Waals surface area contributed by atoms with Gasteiger partial charge < -0.3 is 5.73 Å². The van der Waals surface area contributed by atoms with Gasteiger partial charge in [0.2, 0.25) is 0 Å². The van der Waals surface area contributed by atoms with E-state index >= 15 is 0 Å². The van der Waals surface area contributed by atoms with Gasteiger partial charge >= 0.3 is 0 Å². The van der Waals surface area contributed by atoms with Crippen molar-refractivity contribution in [2.45, 2.75) is 91.1 Å². The van der Waals surface area contributed by atoms with Crippen molar-refractivity contribution in [1.29, 1.82) is 0 Å². The molecule has 0 saturated carbocycles. The number of hydrogen-bond donors (Lipinski definition) is 1. The highest BCUT2D eigenvalue weighted by atomic mass is 15.3. The van der Waals surface area contributed by atoms with E-state index in [1.54, 1.807) is 0 Å². The number of aryl methyl sites for hydroxylation is 2. The van der Waals surface area contributed by atoms with Gasteiger partial charge in [-0.25, -0.2) is 0 Å². The summed E-state index contributed by atoms with van der Waals surface area (Å²) in [6, 6.07) is 0. The third-order valence-corrected chi connectivity index (χ3v) is 4.01. The van der Waals surface area contributed by atoms with Gasteiger partial charge in [0, 0.05) is 24.8 Å². The first-order valence-corrected chi connectivity index (χ1v) is 8.51. The molecular weight excluding hydrogens is 246 g/mol. The second kappa shape index (κ2) is 10.9. The maximum atomic E-state index is 5.66. The zero-order valence-corrected chi connectivity index (χ0v) is 13.5. The Morgan fingerprint density at radius 2 is 1.50 bits per heavy atom. The molecule has 0 aliphatic carbocycles. The average Bonchev–Trinajstić information content (AvgIpc) is 2.81. The van der Waals surface area contributed by atoms with Crippen LogP contribution < -0.4 is 5.73 Å². The molecule has 0 bridgehead atoms. The fourth-order valence-electron chi connectivity index (χ4n) is 2.64. The minimum Gasteiger partial charge on any atom is -0.326 e. The lowest BCUT2D eigenvalue weighted by molar-refractivity contribution is 0.514. The van der Waals surface area contributed by atoms with Gasteiger partial charge in [0.15, 0.2) is 0 Å². The van der Waals surface area contributed by atoms with Gasteiger partial charge in [-0.05, 0) is 13.3 Å². The van der Waals surface area contributed by atoms with Crippen LogP contribution in [-0.4, -0.2) is 9.78 Å². The summed E-state index contributed by atoms with van der Waals surface area (Å²) >= 11 is 0. The van der Waals surface area contributed by atoms with Gasteiger partial charge in [0.05, 0.1) is 5.69 Å². The Labute approximate surface area is 124 Å². The largest absolute Gasteiger partial charge is 0.326 e. The van der Waals surface area contributed by atoms with Crippen LogP contribution in [0.25, 0.3) is 0 Å². The predicted octanol–water partition coefficient (Wildman–Crippen LogP) is 4.57. The number of rotatable bonds is 12. The number of nitrogens with two attached hydrogens (primary N) is 1. The van der Waals surface area contributed by atoms with Crippen molar-refractivity contribution in [3.05, 3.63) is 17.5 Å². The summed E-state index contributed by atoms with van der Waals surface area (Å²) in [5.41, 5.74) is 7.92. The van der Waals surface area contributed by atoms with Crippen molar-refractivity contribution in [2.24, 2.45) is 5.73 Å². The summed E-state index contributed by atoms with van der Waals surface area (Å²) in [5, 5.41) is 4.49. The molecule has 1 heterocycles. The van der Waals surface area contributed by atoms with Crippen LogP contribution in [0, 0.1) is 6.92 Å². The molecule has 0 atom stereocenters. The second-order valence-corrected chi connectivity index (χ2v) is 5.89. The highest BCUT2D eigenvalue weighted by Gasteiger charge is 2.02. The van der Waals surface area contributed by atoms with Crippen LogP contribution in [0.1, 0.15) is 82.4 Å². The fraction of sp³-hybridized carbons (Fsp3) is 0.824. The van der Waals surface area contributed by atoms with E-state index in [1.807, 2.05) is 6.92 Å². The number of aromatic nitrogens is 2. The minimum absolute atomic E-state index is 0.601. The molecule has 1 aromatic heterocycles. The predicted molar refractivity (Wildman–Crippen MR) is 86.7 cm³/mol. The van der Waals surface area contributed by atoms with E-state index in [9.17, 15) is 0 Å². The summed E-state index contributed by atoms with van der Waals surface area (Å²) < 4.78 is 2.06. The molecule has 0 aliphatic rings. The molecule has 0 saturated heterocycles. The van der Waals surface area contributed by atoms with E-state index in [4.69, 9.17) is 5.73 Å². The van der Waals surface area contributed by atoms with Crippen LogP contribution in [0.3, 0.4) is 0 Å².